The fourth-order valence-electron chi connectivity index (χ4n) is 1.59. The van der Waals surface area contributed by atoms with Crippen molar-refractivity contribution in [2.45, 2.75) is 19.8 Å². The van der Waals surface area contributed by atoms with Crippen LogP contribution in [0.25, 0.3) is 0 Å². The molecule has 1 aromatic carbocycles. The van der Waals surface area contributed by atoms with E-state index in [2.05, 4.69) is 5.32 Å². The second-order valence-corrected chi connectivity index (χ2v) is 4.36. The molecule has 0 atom stereocenters. The molecule has 0 spiro atoms. The number of anilines is 1. The van der Waals surface area contributed by atoms with E-state index in [1.807, 2.05) is 6.92 Å². The van der Waals surface area contributed by atoms with Crippen LogP contribution >= 0.6 is 0 Å². The van der Waals surface area contributed by atoms with Gasteiger partial charge in [0.1, 0.15) is 6.61 Å². The zero-order valence-electron chi connectivity index (χ0n) is 12.3. The monoisotopic (exact) mass is 309 g/mol. The minimum absolute atomic E-state index is 0.127. The number of carboxylic acid groups (broad SMARTS) is 1. The van der Waals surface area contributed by atoms with Gasteiger partial charge >= 0.3 is 11.9 Å². The van der Waals surface area contributed by atoms with Gasteiger partial charge in [-0.25, -0.2) is 4.79 Å². The van der Waals surface area contributed by atoms with E-state index in [9.17, 15) is 14.4 Å². The molecule has 0 aromatic heterocycles. The first-order chi connectivity index (χ1) is 10.5. The number of esters is 1. The average molecular weight is 309 g/mol. The summed E-state index contributed by atoms with van der Waals surface area (Å²) in [5.74, 6) is -1.98. The maximum absolute atomic E-state index is 11.8. The van der Waals surface area contributed by atoms with Gasteiger partial charge in [-0.2, -0.15) is 0 Å². The van der Waals surface area contributed by atoms with Gasteiger partial charge in [-0.15, -0.1) is 0 Å². The molecule has 1 rings (SSSR count). The van der Waals surface area contributed by atoms with Crippen LogP contribution in [-0.4, -0.2) is 42.8 Å². The zero-order chi connectivity index (χ0) is 16.4. The highest BCUT2D eigenvalue weighted by atomic mass is 16.6. The van der Waals surface area contributed by atoms with Crippen molar-refractivity contribution < 1.29 is 29.0 Å². The third-order valence-electron chi connectivity index (χ3n) is 2.61. The Bertz CT molecular complexity index is 529. The predicted molar refractivity (Wildman–Crippen MR) is 78.7 cm³/mol. The van der Waals surface area contributed by atoms with Crippen LogP contribution in [0.2, 0.25) is 0 Å². The summed E-state index contributed by atoms with van der Waals surface area (Å²) in [5.41, 5.74) is 0.710. The van der Waals surface area contributed by atoms with Crippen molar-refractivity contribution >= 4 is 23.5 Å². The Balaban J connectivity index is 2.52. The Kier molecular flexibility index (Phi) is 7.63. The molecule has 22 heavy (non-hydrogen) atoms. The Morgan fingerprint density at radius 2 is 1.95 bits per heavy atom. The highest BCUT2D eigenvalue weighted by Gasteiger charge is 2.10. The smallest absolute Gasteiger partial charge is 0.338 e. The lowest BCUT2D eigenvalue weighted by Gasteiger charge is -2.08. The van der Waals surface area contributed by atoms with Crippen LogP contribution in [0.1, 0.15) is 30.1 Å². The first kappa shape index (κ1) is 17.6. The van der Waals surface area contributed by atoms with Crippen LogP contribution in [0.4, 0.5) is 5.69 Å². The van der Waals surface area contributed by atoms with Gasteiger partial charge in [-0.05, 0) is 25.1 Å². The molecular formula is C15H19NO6. The van der Waals surface area contributed by atoms with Gasteiger partial charge in [0, 0.05) is 18.7 Å². The standard InChI is InChI=1S/C15H19NO6/c1-2-21-8-9-22-15(20)11-4-3-5-12(10-11)16-13(17)6-7-14(18)19/h3-5,10H,2,6-9H2,1H3,(H,16,17)(H,18,19). The predicted octanol–water partition coefficient (Wildman–Crippen LogP) is 1.68. The van der Waals surface area contributed by atoms with Crippen LogP contribution < -0.4 is 5.32 Å². The molecule has 0 saturated heterocycles. The van der Waals surface area contributed by atoms with Gasteiger partial charge in [-0.1, -0.05) is 6.07 Å². The number of aliphatic carboxylic acids is 1. The number of carbonyl (C=O) groups is 3. The normalized spacial score (nSPS) is 10.0. The summed E-state index contributed by atoms with van der Waals surface area (Å²) in [7, 11) is 0. The van der Waals surface area contributed by atoms with E-state index < -0.39 is 17.8 Å². The van der Waals surface area contributed by atoms with E-state index in [1.165, 1.54) is 6.07 Å². The lowest BCUT2D eigenvalue weighted by atomic mass is 10.2. The summed E-state index contributed by atoms with van der Waals surface area (Å²) >= 11 is 0. The van der Waals surface area contributed by atoms with E-state index in [1.54, 1.807) is 18.2 Å². The molecule has 0 radical (unpaired) electrons. The number of hydrogen-bond donors (Lipinski definition) is 2. The molecule has 0 aliphatic carbocycles. The lowest BCUT2D eigenvalue weighted by molar-refractivity contribution is -0.138. The molecule has 0 unspecified atom stereocenters. The molecule has 1 aromatic rings. The van der Waals surface area contributed by atoms with Gasteiger partial charge in [0.15, 0.2) is 0 Å². The number of nitrogens with one attached hydrogen (secondary N) is 1. The topological polar surface area (TPSA) is 102 Å². The Hall–Kier alpha value is -2.41. The third kappa shape index (κ3) is 6.85. The largest absolute Gasteiger partial charge is 0.481 e. The highest BCUT2D eigenvalue weighted by Crippen LogP contribution is 2.12. The fraction of sp³-hybridized carbons (Fsp3) is 0.400. The number of ether oxygens (including phenoxy) is 2. The van der Waals surface area contributed by atoms with Gasteiger partial charge in [-0.3, -0.25) is 9.59 Å². The Morgan fingerprint density at radius 3 is 2.64 bits per heavy atom. The van der Waals surface area contributed by atoms with Gasteiger partial charge in [0.05, 0.1) is 18.6 Å². The van der Waals surface area contributed by atoms with Crippen LogP contribution in [0.15, 0.2) is 24.3 Å². The molecule has 7 nitrogen and oxygen atoms in total. The minimum atomic E-state index is -1.04. The first-order valence-electron chi connectivity index (χ1n) is 6.89. The van der Waals surface area contributed by atoms with Crippen LogP contribution in [0, 0.1) is 0 Å². The number of carbonyl (C=O) groups excluding carboxylic acids is 2. The first-order valence-corrected chi connectivity index (χ1v) is 6.89. The van der Waals surface area contributed by atoms with Crippen LogP contribution in [0.3, 0.4) is 0 Å². The Morgan fingerprint density at radius 1 is 1.18 bits per heavy atom. The minimum Gasteiger partial charge on any atom is -0.481 e. The molecule has 2 N–H and O–H groups in total. The molecule has 0 heterocycles. The van der Waals surface area contributed by atoms with Crippen LogP contribution in [0.5, 0.6) is 0 Å². The van der Waals surface area contributed by atoms with Crippen molar-refractivity contribution in [3.05, 3.63) is 29.8 Å². The van der Waals surface area contributed by atoms with Crippen molar-refractivity contribution in [2.24, 2.45) is 0 Å². The van der Waals surface area contributed by atoms with Crippen LogP contribution in [-0.2, 0) is 19.1 Å². The van der Waals surface area contributed by atoms with Gasteiger partial charge in [0.2, 0.25) is 5.91 Å². The zero-order valence-corrected chi connectivity index (χ0v) is 12.3. The number of carboxylic acids is 1. The summed E-state index contributed by atoms with van der Waals surface area (Å²) in [4.78, 5) is 33.7. The van der Waals surface area contributed by atoms with Crippen molar-refractivity contribution in [1.29, 1.82) is 0 Å². The summed E-state index contributed by atoms with van der Waals surface area (Å²) < 4.78 is 10.1. The third-order valence-corrected chi connectivity index (χ3v) is 2.61. The average Bonchev–Trinajstić information content (AvgIpc) is 2.49. The Labute approximate surface area is 128 Å². The highest BCUT2D eigenvalue weighted by molar-refractivity contribution is 5.95. The summed E-state index contributed by atoms with van der Waals surface area (Å²) in [6.07, 6.45) is -0.372. The van der Waals surface area contributed by atoms with Crippen molar-refractivity contribution in [3.8, 4) is 0 Å². The van der Waals surface area contributed by atoms with Gasteiger partial charge in [0.25, 0.3) is 0 Å². The number of rotatable bonds is 9. The molecule has 7 heteroatoms. The lowest BCUT2D eigenvalue weighted by Crippen LogP contribution is -2.14. The summed E-state index contributed by atoms with van der Waals surface area (Å²) in [5, 5.41) is 11.0. The molecule has 0 aliphatic heterocycles. The van der Waals surface area contributed by atoms with Crippen molar-refractivity contribution in [2.75, 3.05) is 25.1 Å². The van der Waals surface area contributed by atoms with Gasteiger partial charge < -0.3 is 19.9 Å². The molecule has 0 aliphatic rings. The van der Waals surface area contributed by atoms with E-state index in [0.29, 0.717) is 24.5 Å². The molecule has 0 fully saturated rings. The number of hydrogen-bond acceptors (Lipinski definition) is 5. The van der Waals surface area contributed by atoms with E-state index in [-0.39, 0.29) is 19.4 Å². The molecule has 120 valence electrons. The molecular weight excluding hydrogens is 290 g/mol. The molecule has 0 saturated carbocycles. The second-order valence-electron chi connectivity index (χ2n) is 4.36. The SMILES string of the molecule is CCOCCOC(=O)c1cccc(NC(=O)CCC(=O)O)c1. The molecule has 0 bridgehead atoms. The summed E-state index contributed by atoms with van der Waals surface area (Å²) in [6, 6.07) is 6.25. The van der Waals surface area contributed by atoms with E-state index >= 15 is 0 Å². The van der Waals surface area contributed by atoms with Crippen molar-refractivity contribution in [1.82, 2.24) is 0 Å². The fourth-order valence-corrected chi connectivity index (χ4v) is 1.59. The maximum atomic E-state index is 11.8. The quantitative estimate of drug-likeness (QED) is 0.531. The molecule has 1 amide bonds. The van der Waals surface area contributed by atoms with E-state index in [0.717, 1.165) is 0 Å². The summed E-state index contributed by atoms with van der Waals surface area (Å²) in [6.45, 7) is 2.88. The maximum Gasteiger partial charge on any atom is 0.338 e. The number of amides is 1. The number of benzene rings is 1. The van der Waals surface area contributed by atoms with Crippen molar-refractivity contribution in [3.63, 3.8) is 0 Å². The van der Waals surface area contributed by atoms with E-state index in [4.69, 9.17) is 14.6 Å². The second kappa shape index (κ2) is 9.51.